The van der Waals surface area contributed by atoms with Crippen LogP contribution in [0.2, 0.25) is 0 Å². The SMILES string of the molecule is Cc1ccc(OCC(C)CO)c([C@@H](C)O)c1. The van der Waals surface area contributed by atoms with Crippen molar-refractivity contribution < 1.29 is 14.9 Å². The van der Waals surface area contributed by atoms with E-state index < -0.39 is 6.10 Å². The molecule has 1 aromatic rings. The molecule has 1 rings (SSSR count). The standard InChI is InChI=1S/C13H20O3/c1-9-4-5-13(12(6-9)11(3)15)16-8-10(2)7-14/h4-6,10-11,14-15H,7-8H2,1-3H3/t10?,11-/m1/s1. The third kappa shape index (κ3) is 3.51. The lowest BCUT2D eigenvalue weighted by atomic mass is 10.1. The van der Waals surface area contributed by atoms with Crippen LogP contribution in [0.5, 0.6) is 5.75 Å². The molecule has 1 unspecified atom stereocenters. The van der Waals surface area contributed by atoms with E-state index in [4.69, 9.17) is 9.84 Å². The van der Waals surface area contributed by atoms with Gasteiger partial charge in [0, 0.05) is 18.1 Å². The third-order valence-electron chi connectivity index (χ3n) is 2.45. The first-order valence-electron chi connectivity index (χ1n) is 5.57. The zero-order valence-corrected chi connectivity index (χ0v) is 10.1. The summed E-state index contributed by atoms with van der Waals surface area (Å²) in [6, 6.07) is 5.73. The van der Waals surface area contributed by atoms with Crippen LogP contribution in [0.25, 0.3) is 0 Å². The van der Waals surface area contributed by atoms with E-state index in [0.29, 0.717) is 12.4 Å². The van der Waals surface area contributed by atoms with E-state index in [1.165, 1.54) is 0 Å². The molecule has 1 aromatic carbocycles. The molecular formula is C13H20O3. The van der Waals surface area contributed by atoms with E-state index in [0.717, 1.165) is 11.1 Å². The molecule has 3 nitrogen and oxygen atoms in total. The smallest absolute Gasteiger partial charge is 0.125 e. The number of hydrogen-bond donors (Lipinski definition) is 2. The number of aryl methyl sites for hydroxylation is 1. The summed E-state index contributed by atoms with van der Waals surface area (Å²) < 4.78 is 5.59. The fourth-order valence-electron chi connectivity index (χ4n) is 1.41. The predicted molar refractivity (Wildman–Crippen MR) is 63.6 cm³/mol. The molecule has 0 bridgehead atoms. The summed E-state index contributed by atoms with van der Waals surface area (Å²) in [5.41, 5.74) is 1.89. The minimum absolute atomic E-state index is 0.100. The van der Waals surface area contributed by atoms with Crippen LogP contribution in [-0.2, 0) is 0 Å². The van der Waals surface area contributed by atoms with Gasteiger partial charge in [-0.1, -0.05) is 18.6 Å². The van der Waals surface area contributed by atoms with Gasteiger partial charge in [-0.25, -0.2) is 0 Å². The number of hydrogen-bond acceptors (Lipinski definition) is 3. The Kier molecular flexibility index (Phi) is 4.77. The van der Waals surface area contributed by atoms with Crippen molar-refractivity contribution in [2.24, 2.45) is 5.92 Å². The van der Waals surface area contributed by atoms with Crippen molar-refractivity contribution >= 4 is 0 Å². The first-order valence-corrected chi connectivity index (χ1v) is 5.57. The maximum absolute atomic E-state index is 9.62. The average molecular weight is 224 g/mol. The van der Waals surface area contributed by atoms with E-state index in [-0.39, 0.29) is 12.5 Å². The highest BCUT2D eigenvalue weighted by atomic mass is 16.5. The molecule has 0 aromatic heterocycles. The molecule has 90 valence electrons. The van der Waals surface area contributed by atoms with Crippen LogP contribution in [0.3, 0.4) is 0 Å². The summed E-state index contributed by atoms with van der Waals surface area (Å²) >= 11 is 0. The first-order chi connectivity index (χ1) is 7.54. The van der Waals surface area contributed by atoms with Crippen LogP contribution in [0.15, 0.2) is 18.2 Å². The van der Waals surface area contributed by atoms with Gasteiger partial charge in [-0.15, -0.1) is 0 Å². The molecule has 0 aliphatic rings. The number of ether oxygens (including phenoxy) is 1. The lowest BCUT2D eigenvalue weighted by molar-refractivity contribution is 0.163. The minimum atomic E-state index is -0.542. The normalized spacial score (nSPS) is 14.6. The molecule has 0 radical (unpaired) electrons. The molecule has 0 saturated heterocycles. The van der Waals surface area contributed by atoms with Crippen LogP contribution in [0.4, 0.5) is 0 Å². The molecule has 16 heavy (non-hydrogen) atoms. The van der Waals surface area contributed by atoms with Gasteiger partial charge >= 0.3 is 0 Å². The summed E-state index contributed by atoms with van der Waals surface area (Å²) in [7, 11) is 0. The van der Waals surface area contributed by atoms with Crippen molar-refractivity contribution in [2.75, 3.05) is 13.2 Å². The molecule has 3 heteroatoms. The topological polar surface area (TPSA) is 49.7 Å². The second kappa shape index (κ2) is 5.87. The van der Waals surface area contributed by atoms with Gasteiger partial charge in [-0.2, -0.15) is 0 Å². The molecule has 0 saturated carbocycles. The Labute approximate surface area is 96.7 Å². The Morgan fingerprint density at radius 1 is 1.31 bits per heavy atom. The number of aliphatic hydroxyl groups excluding tert-OH is 2. The maximum atomic E-state index is 9.62. The Hall–Kier alpha value is -1.06. The van der Waals surface area contributed by atoms with Crippen molar-refractivity contribution in [1.82, 2.24) is 0 Å². The number of aliphatic hydroxyl groups is 2. The van der Waals surface area contributed by atoms with Gasteiger partial charge in [0.15, 0.2) is 0 Å². The average Bonchev–Trinajstić information content (AvgIpc) is 2.26. The van der Waals surface area contributed by atoms with E-state index in [1.54, 1.807) is 6.92 Å². The second-order valence-electron chi connectivity index (χ2n) is 4.32. The van der Waals surface area contributed by atoms with Gasteiger partial charge in [0.25, 0.3) is 0 Å². The fraction of sp³-hybridized carbons (Fsp3) is 0.538. The highest BCUT2D eigenvalue weighted by Gasteiger charge is 2.10. The van der Waals surface area contributed by atoms with E-state index in [1.807, 2.05) is 32.0 Å². The van der Waals surface area contributed by atoms with Crippen molar-refractivity contribution in [3.63, 3.8) is 0 Å². The van der Waals surface area contributed by atoms with Crippen molar-refractivity contribution in [1.29, 1.82) is 0 Å². The van der Waals surface area contributed by atoms with Crippen LogP contribution in [-0.4, -0.2) is 23.4 Å². The van der Waals surface area contributed by atoms with E-state index in [9.17, 15) is 5.11 Å². The van der Waals surface area contributed by atoms with Crippen LogP contribution in [0, 0.1) is 12.8 Å². The van der Waals surface area contributed by atoms with Gasteiger partial charge in [0.05, 0.1) is 12.7 Å². The van der Waals surface area contributed by atoms with Crippen LogP contribution < -0.4 is 4.74 Å². The van der Waals surface area contributed by atoms with Gasteiger partial charge < -0.3 is 14.9 Å². The summed E-state index contributed by atoms with van der Waals surface area (Å²) in [5.74, 6) is 0.795. The van der Waals surface area contributed by atoms with Gasteiger partial charge in [0.2, 0.25) is 0 Å². The molecule has 0 heterocycles. The summed E-state index contributed by atoms with van der Waals surface area (Å²) in [6.45, 7) is 6.18. The maximum Gasteiger partial charge on any atom is 0.125 e. The minimum Gasteiger partial charge on any atom is -0.493 e. The molecule has 2 N–H and O–H groups in total. The lowest BCUT2D eigenvalue weighted by Crippen LogP contribution is -2.13. The summed E-state index contributed by atoms with van der Waals surface area (Å²) in [4.78, 5) is 0. The molecule has 2 atom stereocenters. The number of benzene rings is 1. The number of rotatable bonds is 5. The molecule has 0 aliphatic carbocycles. The Morgan fingerprint density at radius 2 is 2.00 bits per heavy atom. The largest absolute Gasteiger partial charge is 0.493 e. The van der Waals surface area contributed by atoms with Crippen LogP contribution in [0.1, 0.15) is 31.1 Å². The zero-order chi connectivity index (χ0) is 12.1. The van der Waals surface area contributed by atoms with Crippen molar-refractivity contribution in [3.05, 3.63) is 29.3 Å². The van der Waals surface area contributed by atoms with E-state index in [2.05, 4.69) is 0 Å². The second-order valence-corrected chi connectivity index (χ2v) is 4.32. The predicted octanol–water partition coefficient (Wildman–Crippen LogP) is 2.06. The molecule has 0 amide bonds. The summed E-state index contributed by atoms with van der Waals surface area (Å²) in [5, 5.41) is 18.5. The first kappa shape index (κ1) is 13.0. The Morgan fingerprint density at radius 3 is 2.56 bits per heavy atom. The van der Waals surface area contributed by atoms with Crippen LogP contribution >= 0.6 is 0 Å². The van der Waals surface area contributed by atoms with Crippen molar-refractivity contribution in [3.8, 4) is 5.75 Å². The van der Waals surface area contributed by atoms with Gasteiger partial charge in [-0.05, 0) is 26.0 Å². The monoisotopic (exact) mass is 224 g/mol. The fourth-order valence-corrected chi connectivity index (χ4v) is 1.41. The van der Waals surface area contributed by atoms with Gasteiger partial charge in [0.1, 0.15) is 5.75 Å². The quantitative estimate of drug-likeness (QED) is 0.804. The third-order valence-corrected chi connectivity index (χ3v) is 2.45. The molecular weight excluding hydrogens is 204 g/mol. The zero-order valence-electron chi connectivity index (χ0n) is 10.1. The molecule has 0 spiro atoms. The van der Waals surface area contributed by atoms with Crippen molar-refractivity contribution in [2.45, 2.75) is 26.9 Å². The Bertz CT molecular complexity index is 334. The Balaban J connectivity index is 2.78. The van der Waals surface area contributed by atoms with E-state index >= 15 is 0 Å². The highest BCUT2D eigenvalue weighted by Crippen LogP contribution is 2.26. The lowest BCUT2D eigenvalue weighted by Gasteiger charge is -2.16. The molecule has 0 aliphatic heterocycles. The molecule has 0 fully saturated rings. The van der Waals surface area contributed by atoms with Gasteiger partial charge in [-0.3, -0.25) is 0 Å². The highest BCUT2D eigenvalue weighted by molar-refractivity contribution is 5.38. The summed E-state index contributed by atoms with van der Waals surface area (Å²) in [6.07, 6.45) is -0.542.